The molecule has 12 heteroatoms. The molecule has 158 valence electrons. The number of imidazole rings is 1. The number of halogens is 5. The minimum atomic E-state index is -4.49. The Kier molecular flexibility index (Phi) is 5.31. The molecule has 3 heterocycles. The number of carboxylic acid groups (broad SMARTS) is 1. The average molecular weight is 514 g/mol. The monoisotopic (exact) mass is 512 g/mol. The van der Waals surface area contributed by atoms with Crippen molar-refractivity contribution in [2.45, 2.75) is 6.18 Å². The van der Waals surface area contributed by atoms with E-state index in [4.69, 9.17) is 16.7 Å². The summed E-state index contributed by atoms with van der Waals surface area (Å²) in [6.45, 7) is 0. The van der Waals surface area contributed by atoms with Gasteiger partial charge < -0.3 is 14.8 Å². The molecule has 0 aliphatic carbocycles. The molecule has 0 atom stereocenters. The number of alkyl halides is 3. The van der Waals surface area contributed by atoms with E-state index < -0.39 is 17.9 Å². The molecular weight excluding hydrogens is 505 g/mol. The lowest BCUT2D eigenvalue weighted by atomic mass is 10.1. The lowest BCUT2D eigenvalue weighted by molar-refractivity contribution is -0.137. The second kappa shape index (κ2) is 7.82. The van der Waals surface area contributed by atoms with E-state index in [1.54, 1.807) is 12.1 Å². The molecule has 1 aromatic carbocycles. The third-order valence-corrected chi connectivity index (χ3v) is 5.06. The summed E-state index contributed by atoms with van der Waals surface area (Å²) in [4.78, 5) is 26.1. The van der Waals surface area contributed by atoms with Gasteiger partial charge >= 0.3 is 12.3 Å². The van der Waals surface area contributed by atoms with Crippen LogP contribution in [0.15, 0.2) is 47.2 Å². The van der Waals surface area contributed by atoms with Crippen LogP contribution >= 0.6 is 27.5 Å². The summed E-state index contributed by atoms with van der Waals surface area (Å²) in [7, 11) is 0. The molecule has 0 spiro atoms. The van der Waals surface area contributed by atoms with Gasteiger partial charge in [-0.1, -0.05) is 11.6 Å². The summed E-state index contributed by atoms with van der Waals surface area (Å²) < 4.78 is 43.8. The lowest BCUT2D eigenvalue weighted by Gasteiger charge is -2.06. The van der Waals surface area contributed by atoms with Crippen molar-refractivity contribution in [1.29, 1.82) is 0 Å². The van der Waals surface area contributed by atoms with Crippen LogP contribution in [0.2, 0.25) is 5.02 Å². The molecular formula is C19H9BrClF3N4O3. The molecule has 4 aromatic rings. The maximum Gasteiger partial charge on any atom is 0.511 e. The van der Waals surface area contributed by atoms with Crippen LogP contribution < -0.4 is 4.74 Å². The summed E-state index contributed by atoms with van der Waals surface area (Å²) >= 11 is 9.27. The number of hydrogen-bond donors (Lipinski definition) is 2. The predicted octanol–water partition coefficient (Wildman–Crippen LogP) is 6.18. The van der Waals surface area contributed by atoms with Crippen molar-refractivity contribution in [2.24, 2.45) is 0 Å². The minimum absolute atomic E-state index is 0.0306. The minimum Gasteiger partial charge on any atom is -0.449 e. The van der Waals surface area contributed by atoms with Crippen LogP contribution in [-0.2, 0) is 6.18 Å². The molecule has 0 saturated carbocycles. The first-order valence-corrected chi connectivity index (χ1v) is 9.58. The maximum absolute atomic E-state index is 13.0. The molecule has 0 amide bonds. The Balaban J connectivity index is 1.66. The molecule has 0 bridgehead atoms. The van der Waals surface area contributed by atoms with E-state index in [-0.39, 0.29) is 26.6 Å². The van der Waals surface area contributed by atoms with Crippen molar-refractivity contribution >= 4 is 44.7 Å². The van der Waals surface area contributed by atoms with Crippen molar-refractivity contribution < 1.29 is 27.8 Å². The summed E-state index contributed by atoms with van der Waals surface area (Å²) in [5.41, 5.74) is 1.02. The van der Waals surface area contributed by atoms with Crippen LogP contribution in [0.25, 0.3) is 33.8 Å². The molecule has 4 rings (SSSR count). The van der Waals surface area contributed by atoms with E-state index in [9.17, 15) is 18.0 Å². The lowest BCUT2D eigenvalue weighted by Crippen LogP contribution is -2.04. The number of fused-ring (bicyclic) bond motifs is 1. The number of ether oxygens (including phenoxy) is 1. The topological polar surface area (TPSA) is 101 Å². The zero-order chi connectivity index (χ0) is 22.3. The number of aromatic nitrogens is 4. The van der Waals surface area contributed by atoms with E-state index in [1.807, 2.05) is 0 Å². The van der Waals surface area contributed by atoms with Crippen LogP contribution in [-0.4, -0.2) is 31.2 Å². The van der Waals surface area contributed by atoms with Crippen molar-refractivity contribution in [3.8, 4) is 28.5 Å². The summed E-state index contributed by atoms with van der Waals surface area (Å²) in [6.07, 6.45) is -3.31. The average Bonchev–Trinajstić information content (AvgIpc) is 3.12. The largest absolute Gasteiger partial charge is 0.511 e. The van der Waals surface area contributed by atoms with Gasteiger partial charge in [0.05, 0.1) is 28.0 Å². The summed E-state index contributed by atoms with van der Waals surface area (Å²) in [5.74, 6) is 0.253. The molecule has 3 aromatic heterocycles. The fraction of sp³-hybridized carbons (Fsp3) is 0.0526. The Bertz CT molecular complexity index is 1310. The van der Waals surface area contributed by atoms with Gasteiger partial charge in [0.15, 0.2) is 11.6 Å². The van der Waals surface area contributed by atoms with Crippen molar-refractivity contribution in [1.82, 2.24) is 19.9 Å². The molecule has 0 fully saturated rings. The molecule has 0 aliphatic rings. The maximum atomic E-state index is 13.0. The van der Waals surface area contributed by atoms with Crippen molar-refractivity contribution in [3.05, 3.63) is 57.8 Å². The van der Waals surface area contributed by atoms with E-state index in [0.29, 0.717) is 22.5 Å². The van der Waals surface area contributed by atoms with Crippen LogP contribution in [0.4, 0.5) is 18.0 Å². The summed E-state index contributed by atoms with van der Waals surface area (Å²) in [6, 6.07) is 6.51. The fourth-order valence-corrected chi connectivity index (χ4v) is 3.64. The van der Waals surface area contributed by atoms with Crippen molar-refractivity contribution in [2.75, 3.05) is 0 Å². The van der Waals surface area contributed by atoms with Gasteiger partial charge in [-0.25, -0.2) is 9.78 Å². The van der Waals surface area contributed by atoms with E-state index in [0.717, 1.165) is 12.1 Å². The van der Waals surface area contributed by atoms with Gasteiger partial charge in [-0.05, 0) is 40.2 Å². The number of pyridine rings is 2. The smallest absolute Gasteiger partial charge is 0.449 e. The highest BCUT2D eigenvalue weighted by atomic mass is 79.9. The third kappa shape index (κ3) is 4.32. The van der Waals surface area contributed by atoms with Crippen LogP contribution in [0.5, 0.6) is 5.75 Å². The zero-order valence-corrected chi connectivity index (χ0v) is 17.4. The SMILES string of the molecule is O=C(O)Oc1cnc(-c2ccc(-c3nc4c(Br)cc(C(F)(F)F)cc4[nH]3)nc2)c(Cl)c1. The van der Waals surface area contributed by atoms with Gasteiger partial charge in [0.1, 0.15) is 11.2 Å². The van der Waals surface area contributed by atoms with Crippen LogP contribution in [0.3, 0.4) is 0 Å². The summed E-state index contributed by atoms with van der Waals surface area (Å²) in [5, 5.41) is 8.79. The van der Waals surface area contributed by atoms with Gasteiger partial charge in [0, 0.05) is 22.3 Å². The number of aromatic amines is 1. The quantitative estimate of drug-likeness (QED) is 0.317. The number of carbonyl (C=O) groups is 1. The zero-order valence-electron chi connectivity index (χ0n) is 15.0. The number of H-pyrrole nitrogens is 1. The molecule has 7 nitrogen and oxygen atoms in total. The standard InChI is InChI=1S/C19H9BrClF3N4O3/c20-11-3-9(19(22,23)24)4-14-16(11)28-17(27-14)13-2-1-8(6-25-13)15-12(21)5-10(7-26-15)31-18(29)30/h1-7H,(H,27,28)(H,29,30). The molecule has 2 N–H and O–H groups in total. The highest BCUT2D eigenvalue weighted by Gasteiger charge is 2.31. The second-order valence-corrected chi connectivity index (χ2v) is 7.50. The molecule has 0 aliphatic heterocycles. The Morgan fingerprint density at radius 2 is 1.94 bits per heavy atom. The highest BCUT2D eigenvalue weighted by molar-refractivity contribution is 9.10. The van der Waals surface area contributed by atoms with Gasteiger partial charge in [0.25, 0.3) is 0 Å². The van der Waals surface area contributed by atoms with Gasteiger partial charge in [-0.15, -0.1) is 0 Å². The van der Waals surface area contributed by atoms with Gasteiger partial charge in [0.2, 0.25) is 0 Å². The van der Waals surface area contributed by atoms with Crippen LogP contribution in [0.1, 0.15) is 5.56 Å². The van der Waals surface area contributed by atoms with Gasteiger partial charge in [-0.2, -0.15) is 13.2 Å². The predicted molar refractivity (Wildman–Crippen MR) is 109 cm³/mol. The Hall–Kier alpha value is -3.18. The Morgan fingerprint density at radius 1 is 1.16 bits per heavy atom. The number of nitrogens with zero attached hydrogens (tertiary/aromatic N) is 3. The Morgan fingerprint density at radius 3 is 2.55 bits per heavy atom. The van der Waals surface area contributed by atoms with Crippen LogP contribution in [0, 0.1) is 0 Å². The molecule has 0 unspecified atom stereocenters. The second-order valence-electron chi connectivity index (χ2n) is 6.24. The van der Waals surface area contributed by atoms with E-state index >= 15 is 0 Å². The normalized spacial score (nSPS) is 11.6. The van der Waals surface area contributed by atoms with E-state index in [1.165, 1.54) is 18.5 Å². The fourth-order valence-electron chi connectivity index (χ4n) is 2.82. The number of nitrogens with one attached hydrogen (secondary N) is 1. The Labute approximate surface area is 185 Å². The van der Waals surface area contributed by atoms with E-state index in [2.05, 4.69) is 40.6 Å². The van der Waals surface area contributed by atoms with Gasteiger partial charge in [-0.3, -0.25) is 9.97 Å². The molecule has 0 radical (unpaired) electrons. The third-order valence-electron chi connectivity index (χ3n) is 4.17. The number of hydrogen-bond acceptors (Lipinski definition) is 5. The first-order valence-electron chi connectivity index (χ1n) is 8.41. The number of rotatable bonds is 3. The first kappa shape index (κ1) is 21.1. The first-order chi connectivity index (χ1) is 14.6. The van der Waals surface area contributed by atoms with Crippen molar-refractivity contribution in [3.63, 3.8) is 0 Å². The highest BCUT2D eigenvalue weighted by Crippen LogP contribution is 2.35. The molecule has 0 saturated heterocycles. The number of benzene rings is 1. The molecule has 31 heavy (non-hydrogen) atoms.